The number of nitrogens with zero attached hydrogens (tertiary/aromatic N) is 2. The van der Waals surface area contributed by atoms with E-state index in [1.807, 2.05) is 22.8 Å². The summed E-state index contributed by atoms with van der Waals surface area (Å²) >= 11 is 6.40. The largest absolute Gasteiger partial charge is 0.478 e. The summed E-state index contributed by atoms with van der Waals surface area (Å²) in [5, 5.41) is 9.43. The number of carboxylic acids is 1. The number of halogens is 2. The number of carboxylic acid groups (broad SMARTS) is 1. The van der Waals surface area contributed by atoms with E-state index >= 15 is 0 Å². The Balaban J connectivity index is 0.00000306. The van der Waals surface area contributed by atoms with Gasteiger partial charge in [0.15, 0.2) is 0 Å². The van der Waals surface area contributed by atoms with Crippen molar-refractivity contribution >= 4 is 30.0 Å². The molecule has 1 saturated heterocycles. The van der Waals surface area contributed by atoms with Crippen LogP contribution in [0.15, 0.2) is 35.1 Å². The zero-order chi connectivity index (χ0) is 22.7. The third kappa shape index (κ3) is 6.20. The summed E-state index contributed by atoms with van der Waals surface area (Å²) in [4.78, 5) is 26.8. The highest BCUT2D eigenvalue weighted by Crippen LogP contribution is 2.42. The number of aromatic nitrogens is 1. The van der Waals surface area contributed by atoms with Gasteiger partial charge in [0.1, 0.15) is 5.02 Å². The molecule has 7 heteroatoms. The van der Waals surface area contributed by atoms with E-state index in [1.54, 1.807) is 12.1 Å². The molecule has 1 aromatic carbocycles. The molecule has 0 spiro atoms. The Hall–Kier alpha value is -1.82. The lowest BCUT2D eigenvalue weighted by atomic mass is 10.0. The second-order valence-electron chi connectivity index (χ2n) is 9.29. The third-order valence-corrected chi connectivity index (χ3v) is 7.25. The number of benzene rings is 1. The lowest BCUT2D eigenvalue weighted by Gasteiger charge is -2.28. The van der Waals surface area contributed by atoms with Crippen molar-refractivity contribution in [3.63, 3.8) is 0 Å². The van der Waals surface area contributed by atoms with Gasteiger partial charge >= 0.3 is 5.97 Å². The SMILES string of the molecule is CCCC[C@H]1CCCN1Cc1c(C2CC2)cc(Cl)c(=O)n1CCc1ccc(C(=O)O)cc1.Cl. The zero-order valence-corrected chi connectivity index (χ0v) is 20.8. The number of aromatic carboxylic acids is 1. The smallest absolute Gasteiger partial charge is 0.335 e. The first-order valence-electron chi connectivity index (χ1n) is 12.0. The molecule has 1 aliphatic heterocycles. The number of likely N-dealkylation sites (tertiary alicyclic amines) is 1. The second kappa shape index (κ2) is 11.5. The van der Waals surface area contributed by atoms with E-state index < -0.39 is 5.97 Å². The molecule has 1 aromatic heterocycles. The highest BCUT2D eigenvalue weighted by atomic mass is 35.5. The van der Waals surface area contributed by atoms with Crippen molar-refractivity contribution in [3.05, 3.63) is 68.1 Å². The van der Waals surface area contributed by atoms with Gasteiger partial charge in [-0.2, -0.15) is 0 Å². The maximum Gasteiger partial charge on any atom is 0.335 e. The van der Waals surface area contributed by atoms with Crippen LogP contribution in [0.1, 0.15) is 85.0 Å². The van der Waals surface area contributed by atoms with E-state index in [-0.39, 0.29) is 23.5 Å². The maximum atomic E-state index is 13.1. The van der Waals surface area contributed by atoms with Crippen molar-refractivity contribution in [1.29, 1.82) is 0 Å². The molecule has 0 unspecified atom stereocenters. The van der Waals surface area contributed by atoms with Crippen LogP contribution in [0.5, 0.6) is 0 Å². The lowest BCUT2D eigenvalue weighted by molar-refractivity contribution is 0.0697. The first-order chi connectivity index (χ1) is 15.5. The zero-order valence-electron chi connectivity index (χ0n) is 19.3. The van der Waals surface area contributed by atoms with Crippen LogP contribution in [-0.4, -0.2) is 33.1 Å². The van der Waals surface area contributed by atoms with Gasteiger partial charge in [-0.05, 0) is 80.3 Å². The van der Waals surface area contributed by atoms with Crippen molar-refractivity contribution in [2.24, 2.45) is 0 Å². The molecule has 33 heavy (non-hydrogen) atoms. The Morgan fingerprint density at radius 2 is 1.91 bits per heavy atom. The van der Waals surface area contributed by atoms with Crippen LogP contribution < -0.4 is 5.56 Å². The van der Waals surface area contributed by atoms with Gasteiger partial charge in [-0.15, -0.1) is 12.4 Å². The molecule has 2 fully saturated rings. The van der Waals surface area contributed by atoms with Crippen molar-refractivity contribution in [1.82, 2.24) is 9.47 Å². The molecule has 2 aromatic rings. The molecular weight excluding hydrogens is 459 g/mol. The Morgan fingerprint density at radius 3 is 2.55 bits per heavy atom. The van der Waals surface area contributed by atoms with Crippen LogP contribution in [0.25, 0.3) is 0 Å². The van der Waals surface area contributed by atoms with Gasteiger partial charge in [-0.25, -0.2) is 4.79 Å². The summed E-state index contributed by atoms with van der Waals surface area (Å²) in [6.45, 7) is 4.69. The standard InChI is InChI=1S/C26H33ClN2O3.ClH/c1-2-3-5-21-6-4-14-28(21)17-24-22(19-11-12-19)16-23(27)25(30)29(24)15-13-18-7-9-20(10-8-18)26(31)32;/h7-10,16,19,21H,2-6,11-15,17H2,1H3,(H,31,32);1H/t21-;/m0./s1. The van der Waals surface area contributed by atoms with E-state index in [0.717, 1.165) is 37.2 Å². The highest BCUT2D eigenvalue weighted by Gasteiger charge is 2.31. The Labute approximate surface area is 207 Å². The van der Waals surface area contributed by atoms with Crippen LogP contribution in [0, 0.1) is 0 Å². The summed E-state index contributed by atoms with van der Waals surface area (Å²) in [6, 6.07) is 9.44. The van der Waals surface area contributed by atoms with Crippen molar-refractivity contribution < 1.29 is 9.90 Å². The summed E-state index contributed by atoms with van der Waals surface area (Å²) in [7, 11) is 0. The van der Waals surface area contributed by atoms with Crippen molar-refractivity contribution in [2.75, 3.05) is 6.54 Å². The van der Waals surface area contributed by atoms with Crippen LogP contribution in [-0.2, 0) is 19.5 Å². The fourth-order valence-electron chi connectivity index (χ4n) is 4.97. The van der Waals surface area contributed by atoms with Gasteiger partial charge in [0, 0.05) is 24.8 Å². The van der Waals surface area contributed by atoms with Gasteiger partial charge in [-0.1, -0.05) is 43.5 Å². The molecule has 2 aliphatic rings. The third-order valence-electron chi connectivity index (χ3n) is 6.98. The number of hydrogen-bond donors (Lipinski definition) is 1. The first-order valence-corrected chi connectivity index (χ1v) is 12.3. The average Bonchev–Trinajstić information content (AvgIpc) is 3.54. The number of pyridine rings is 1. The Kier molecular flexibility index (Phi) is 9.02. The van der Waals surface area contributed by atoms with Gasteiger partial charge in [-0.3, -0.25) is 9.69 Å². The molecule has 1 N–H and O–H groups in total. The minimum absolute atomic E-state index is 0. The predicted octanol–water partition coefficient (Wildman–Crippen LogP) is 5.90. The minimum Gasteiger partial charge on any atom is -0.478 e. The fraction of sp³-hybridized carbons (Fsp3) is 0.538. The number of aryl methyl sites for hydroxylation is 1. The molecular formula is C26H34Cl2N2O3. The predicted molar refractivity (Wildman–Crippen MR) is 135 cm³/mol. The maximum absolute atomic E-state index is 13.1. The molecule has 0 bridgehead atoms. The summed E-state index contributed by atoms with van der Waals surface area (Å²) in [5.74, 6) is -0.414. The van der Waals surface area contributed by atoms with E-state index in [9.17, 15) is 9.59 Å². The normalized spacial score (nSPS) is 18.3. The van der Waals surface area contributed by atoms with Crippen LogP contribution >= 0.6 is 24.0 Å². The lowest BCUT2D eigenvalue weighted by Crippen LogP contribution is -2.34. The minimum atomic E-state index is -0.929. The monoisotopic (exact) mass is 492 g/mol. The molecule has 4 rings (SSSR count). The molecule has 1 saturated carbocycles. The van der Waals surface area contributed by atoms with Gasteiger partial charge in [0.05, 0.1) is 5.56 Å². The van der Waals surface area contributed by atoms with Gasteiger partial charge < -0.3 is 9.67 Å². The summed E-state index contributed by atoms with van der Waals surface area (Å²) in [6.07, 6.45) is 9.14. The van der Waals surface area contributed by atoms with Crippen LogP contribution in [0.3, 0.4) is 0 Å². The van der Waals surface area contributed by atoms with Crippen LogP contribution in [0.4, 0.5) is 0 Å². The first kappa shape index (κ1) is 25.8. The number of carbonyl (C=O) groups is 1. The molecule has 1 aliphatic carbocycles. The fourth-order valence-corrected chi connectivity index (χ4v) is 5.19. The van der Waals surface area contributed by atoms with E-state index in [4.69, 9.17) is 16.7 Å². The van der Waals surface area contributed by atoms with Crippen LogP contribution in [0.2, 0.25) is 5.02 Å². The van der Waals surface area contributed by atoms with E-state index in [0.29, 0.717) is 29.9 Å². The number of unbranched alkanes of at least 4 members (excludes halogenated alkanes) is 1. The molecule has 180 valence electrons. The van der Waals surface area contributed by atoms with Crippen molar-refractivity contribution in [3.8, 4) is 0 Å². The quantitative estimate of drug-likeness (QED) is 0.448. The summed E-state index contributed by atoms with van der Waals surface area (Å²) < 4.78 is 1.90. The topological polar surface area (TPSA) is 62.5 Å². The average molecular weight is 493 g/mol. The molecule has 0 radical (unpaired) electrons. The molecule has 2 heterocycles. The molecule has 0 amide bonds. The molecule has 1 atom stereocenters. The Bertz CT molecular complexity index is 1020. The molecule has 5 nitrogen and oxygen atoms in total. The second-order valence-corrected chi connectivity index (χ2v) is 9.69. The van der Waals surface area contributed by atoms with Gasteiger partial charge in [0.25, 0.3) is 5.56 Å². The highest BCUT2D eigenvalue weighted by molar-refractivity contribution is 6.30. The summed E-state index contributed by atoms with van der Waals surface area (Å²) in [5.41, 5.74) is 3.56. The Morgan fingerprint density at radius 1 is 1.18 bits per heavy atom. The van der Waals surface area contributed by atoms with Crippen molar-refractivity contribution in [2.45, 2.75) is 83.3 Å². The number of rotatable bonds is 10. The van der Waals surface area contributed by atoms with E-state index in [2.05, 4.69) is 11.8 Å². The van der Waals surface area contributed by atoms with Gasteiger partial charge in [0.2, 0.25) is 0 Å². The van der Waals surface area contributed by atoms with E-state index in [1.165, 1.54) is 37.7 Å². The number of hydrogen-bond acceptors (Lipinski definition) is 3.